The molecule has 1 fully saturated rings. The van der Waals surface area contributed by atoms with Crippen LogP contribution in [0.25, 0.3) is 16.9 Å². The summed E-state index contributed by atoms with van der Waals surface area (Å²) in [6.45, 7) is 0.626. The molecule has 2 heterocycles. The molecule has 1 N–H and O–H groups in total. The monoisotopic (exact) mass is 565 g/mol. The number of carbonyl (C=O) groups is 1. The summed E-state index contributed by atoms with van der Waals surface area (Å²) >= 11 is 3.45. The summed E-state index contributed by atoms with van der Waals surface area (Å²) in [4.78, 5) is 14.5. The first-order valence-corrected chi connectivity index (χ1v) is 12.7. The lowest BCUT2D eigenvalue weighted by molar-refractivity contribution is -0.128. The van der Waals surface area contributed by atoms with Gasteiger partial charge in [0.2, 0.25) is 0 Å². The molecule has 37 heavy (non-hydrogen) atoms. The molecule has 5 rings (SSSR count). The number of nitrogens with zero attached hydrogens (tertiary/aromatic N) is 3. The van der Waals surface area contributed by atoms with Crippen molar-refractivity contribution in [3.05, 3.63) is 100 Å². The smallest absolute Gasteiger partial charge is 0.250 e. The average molecular weight is 566 g/mol. The van der Waals surface area contributed by atoms with Gasteiger partial charge in [-0.05, 0) is 72.6 Å². The first kappa shape index (κ1) is 25.1. The van der Waals surface area contributed by atoms with E-state index in [1.807, 2.05) is 54.7 Å². The Morgan fingerprint density at radius 3 is 2.49 bits per heavy atom. The summed E-state index contributed by atoms with van der Waals surface area (Å²) in [7, 11) is 0. The molecule has 1 aromatic heterocycles. The number of rotatable bonds is 9. The van der Waals surface area contributed by atoms with Gasteiger partial charge in [0, 0.05) is 28.3 Å². The predicted molar refractivity (Wildman–Crippen MR) is 140 cm³/mol. The third kappa shape index (κ3) is 5.74. The van der Waals surface area contributed by atoms with E-state index in [9.17, 15) is 9.18 Å². The van der Waals surface area contributed by atoms with Crippen LogP contribution in [0.3, 0.4) is 0 Å². The molecule has 7 nitrogen and oxygen atoms in total. The van der Waals surface area contributed by atoms with E-state index in [-0.39, 0.29) is 31.5 Å². The fraction of sp³-hybridized carbons (Fsp3) is 0.214. The number of carbonyl (C=O) groups excluding carboxylic acids is 1. The van der Waals surface area contributed by atoms with E-state index < -0.39 is 6.23 Å². The summed E-state index contributed by atoms with van der Waals surface area (Å²) < 4.78 is 27.7. The van der Waals surface area contributed by atoms with Crippen molar-refractivity contribution in [2.75, 3.05) is 26.4 Å². The summed E-state index contributed by atoms with van der Waals surface area (Å²) in [5.41, 5.74) is 3.97. The molecule has 190 valence electrons. The molecule has 1 atom stereocenters. The van der Waals surface area contributed by atoms with Gasteiger partial charge in [0.05, 0.1) is 12.3 Å². The van der Waals surface area contributed by atoms with E-state index >= 15 is 0 Å². The minimum Gasteiger partial charge on any atom is -0.491 e. The van der Waals surface area contributed by atoms with Crippen LogP contribution >= 0.6 is 15.9 Å². The van der Waals surface area contributed by atoms with Crippen LogP contribution in [0.4, 0.5) is 4.39 Å². The Balaban J connectivity index is 1.42. The van der Waals surface area contributed by atoms with Crippen LogP contribution in [-0.2, 0) is 16.0 Å². The lowest BCUT2D eigenvalue weighted by atomic mass is 10.1. The lowest BCUT2D eigenvalue weighted by Gasteiger charge is -2.23. The van der Waals surface area contributed by atoms with Gasteiger partial charge in [-0.1, -0.05) is 28.1 Å². The molecule has 0 bridgehead atoms. The summed E-state index contributed by atoms with van der Waals surface area (Å²) in [5, 5.41) is 13.7. The molecule has 1 amide bonds. The zero-order valence-corrected chi connectivity index (χ0v) is 21.5. The van der Waals surface area contributed by atoms with Crippen molar-refractivity contribution < 1.29 is 23.8 Å². The number of hydrogen-bond acceptors (Lipinski definition) is 5. The van der Waals surface area contributed by atoms with Crippen LogP contribution in [0, 0.1) is 5.82 Å². The quantitative estimate of drug-likeness (QED) is 0.312. The highest BCUT2D eigenvalue weighted by Gasteiger charge is 2.36. The normalized spacial score (nSPS) is 15.4. The van der Waals surface area contributed by atoms with E-state index in [0.29, 0.717) is 24.4 Å². The van der Waals surface area contributed by atoms with Gasteiger partial charge < -0.3 is 19.5 Å². The highest BCUT2D eigenvalue weighted by atomic mass is 79.9. The van der Waals surface area contributed by atoms with E-state index in [4.69, 9.17) is 19.7 Å². The largest absolute Gasteiger partial charge is 0.491 e. The average Bonchev–Trinajstić information content (AvgIpc) is 3.51. The molecule has 1 aliphatic rings. The zero-order chi connectivity index (χ0) is 25.8. The number of halogens is 2. The van der Waals surface area contributed by atoms with Crippen LogP contribution < -0.4 is 4.74 Å². The van der Waals surface area contributed by atoms with Crippen molar-refractivity contribution in [3.8, 4) is 22.7 Å². The van der Waals surface area contributed by atoms with Crippen molar-refractivity contribution in [3.63, 3.8) is 0 Å². The maximum absolute atomic E-state index is 13.6. The number of aromatic nitrogens is 2. The molecule has 4 aromatic rings. The van der Waals surface area contributed by atoms with Crippen molar-refractivity contribution >= 4 is 21.8 Å². The Labute approximate surface area is 222 Å². The second kappa shape index (κ2) is 11.2. The fourth-order valence-corrected chi connectivity index (χ4v) is 4.51. The van der Waals surface area contributed by atoms with Crippen LogP contribution in [0.5, 0.6) is 5.75 Å². The summed E-state index contributed by atoms with van der Waals surface area (Å²) in [6, 6.07) is 21.4. The van der Waals surface area contributed by atoms with Gasteiger partial charge in [0.15, 0.2) is 6.23 Å². The molecule has 9 heteroatoms. The van der Waals surface area contributed by atoms with Crippen LogP contribution in [0.15, 0.2) is 83.5 Å². The third-order valence-electron chi connectivity index (χ3n) is 6.11. The molecular weight excluding hydrogens is 541 g/mol. The van der Waals surface area contributed by atoms with Gasteiger partial charge >= 0.3 is 0 Å². The van der Waals surface area contributed by atoms with Crippen LogP contribution in [-0.4, -0.2) is 52.1 Å². The molecule has 1 aliphatic heterocycles. The van der Waals surface area contributed by atoms with Gasteiger partial charge in [0.25, 0.3) is 5.91 Å². The minimum atomic E-state index is -0.621. The molecule has 0 saturated carbocycles. The standard InChI is InChI=1S/C28H25BrFN3O4/c29-21-5-9-23(10-6-21)33-17-25(27(31-33)20-3-7-22(30)8-4-20)28-32(26(35)18-37-28)14-13-19-1-11-24(12-2-19)36-16-15-34/h1-12,17,28,34H,13-16,18H2. The highest BCUT2D eigenvalue weighted by Crippen LogP contribution is 2.35. The number of hydrogen-bond donors (Lipinski definition) is 1. The first-order valence-electron chi connectivity index (χ1n) is 11.9. The van der Waals surface area contributed by atoms with E-state index in [2.05, 4.69) is 15.9 Å². The number of aliphatic hydroxyl groups excluding tert-OH is 1. The van der Waals surface area contributed by atoms with Crippen LogP contribution in [0.2, 0.25) is 0 Å². The molecule has 0 spiro atoms. The fourth-order valence-electron chi connectivity index (χ4n) is 4.25. The first-order chi connectivity index (χ1) is 18.0. The second-order valence-electron chi connectivity index (χ2n) is 8.58. The van der Waals surface area contributed by atoms with Crippen molar-refractivity contribution in [2.24, 2.45) is 0 Å². The number of aliphatic hydroxyl groups is 1. The maximum atomic E-state index is 13.6. The predicted octanol–water partition coefficient (Wildman–Crippen LogP) is 4.91. The Kier molecular flexibility index (Phi) is 7.64. The van der Waals surface area contributed by atoms with Gasteiger partial charge in [-0.25, -0.2) is 9.07 Å². The Morgan fingerprint density at radius 1 is 1.05 bits per heavy atom. The minimum absolute atomic E-state index is 0.0229. The van der Waals surface area contributed by atoms with E-state index in [1.54, 1.807) is 21.7 Å². The topological polar surface area (TPSA) is 76.8 Å². The second-order valence-corrected chi connectivity index (χ2v) is 9.49. The van der Waals surface area contributed by atoms with Gasteiger partial charge in [-0.15, -0.1) is 0 Å². The maximum Gasteiger partial charge on any atom is 0.250 e. The molecule has 0 radical (unpaired) electrons. The van der Waals surface area contributed by atoms with Crippen molar-refractivity contribution in [2.45, 2.75) is 12.6 Å². The Morgan fingerprint density at radius 2 is 1.78 bits per heavy atom. The third-order valence-corrected chi connectivity index (χ3v) is 6.64. The van der Waals surface area contributed by atoms with E-state index in [0.717, 1.165) is 26.9 Å². The van der Waals surface area contributed by atoms with Crippen molar-refractivity contribution in [1.29, 1.82) is 0 Å². The SMILES string of the molecule is O=C1COC(c2cn(-c3ccc(Br)cc3)nc2-c2ccc(F)cc2)N1CCc1ccc(OCCO)cc1. The summed E-state index contributed by atoms with van der Waals surface area (Å²) in [5.74, 6) is 0.245. The number of ether oxygens (including phenoxy) is 2. The number of benzene rings is 3. The molecule has 0 aliphatic carbocycles. The van der Waals surface area contributed by atoms with Gasteiger partial charge in [-0.2, -0.15) is 5.10 Å². The Bertz CT molecular complexity index is 1360. The molecular formula is C28H25BrFN3O4. The number of amides is 1. The van der Waals surface area contributed by atoms with Gasteiger partial charge in [0.1, 0.15) is 30.5 Å². The molecule has 3 aromatic carbocycles. The Hall–Kier alpha value is -3.53. The molecule has 1 saturated heterocycles. The van der Waals surface area contributed by atoms with Gasteiger partial charge in [-0.3, -0.25) is 4.79 Å². The molecule has 1 unspecified atom stereocenters. The van der Waals surface area contributed by atoms with Crippen molar-refractivity contribution in [1.82, 2.24) is 14.7 Å². The van der Waals surface area contributed by atoms with Crippen LogP contribution in [0.1, 0.15) is 17.4 Å². The zero-order valence-electron chi connectivity index (χ0n) is 19.9. The summed E-state index contributed by atoms with van der Waals surface area (Å²) in [6.07, 6.45) is 1.87. The lowest BCUT2D eigenvalue weighted by Crippen LogP contribution is -2.30. The highest BCUT2D eigenvalue weighted by molar-refractivity contribution is 9.10. The van der Waals surface area contributed by atoms with E-state index in [1.165, 1.54) is 12.1 Å².